The van der Waals surface area contributed by atoms with E-state index in [0.717, 1.165) is 16.9 Å². The molecule has 1 heterocycles. The zero-order chi connectivity index (χ0) is 14.1. The molecule has 0 aliphatic carbocycles. The lowest BCUT2D eigenvalue weighted by Gasteiger charge is -2.10. The largest absolute Gasteiger partial charge is 0.506 e. The molecule has 0 radical (unpaired) electrons. The van der Waals surface area contributed by atoms with Crippen molar-refractivity contribution in [1.29, 1.82) is 0 Å². The summed E-state index contributed by atoms with van der Waals surface area (Å²) >= 11 is 11.8. The second kappa shape index (κ2) is 5.31. The number of halogens is 2. The van der Waals surface area contributed by atoms with Gasteiger partial charge in [0.1, 0.15) is 5.75 Å². The van der Waals surface area contributed by atoms with Crippen molar-refractivity contribution >= 4 is 34.6 Å². The summed E-state index contributed by atoms with van der Waals surface area (Å²) in [5, 5.41) is 21.9. The number of anilines is 1. The number of hydrogen-bond acceptors (Lipinski definition) is 4. The fraction of sp³-hybridized carbons (Fsp3) is 0.143. The lowest BCUT2D eigenvalue weighted by molar-refractivity contribution is 0.469. The molecule has 0 unspecified atom stereocenters. The molecule has 20 heavy (non-hydrogen) atoms. The van der Waals surface area contributed by atoms with Gasteiger partial charge in [-0.25, -0.2) is 0 Å². The van der Waals surface area contributed by atoms with Crippen molar-refractivity contribution in [3.8, 4) is 5.75 Å². The first-order chi connectivity index (χ1) is 9.63. The maximum Gasteiger partial charge on any atom is 0.139 e. The summed E-state index contributed by atoms with van der Waals surface area (Å²) in [5.74, 6) is 0.0458. The smallest absolute Gasteiger partial charge is 0.139 e. The highest BCUT2D eigenvalue weighted by molar-refractivity contribution is 6.35. The maximum atomic E-state index is 9.89. The second-order valence-corrected chi connectivity index (χ2v) is 5.34. The van der Waals surface area contributed by atoms with Crippen molar-refractivity contribution < 1.29 is 5.11 Å². The Morgan fingerprint density at radius 3 is 2.90 bits per heavy atom. The number of aromatic hydroxyl groups is 1. The van der Waals surface area contributed by atoms with E-state index in [4.69, 9.17) is 23.2 Å². The van der Waals surface area contributed by atoms with Gasteiger partial charge < -0.3 is 10.4 Å². The van der Waals surface area contributed by atoms with Crippen molar-refractivity contribution in [1.82, 2.24) is 0 Å². The summed E-state index contributed by atoms with van der Waals surface area (Å²) < 4.78 is 0. The Labute approximate surface area is 126 Å². The van der Waals surface area contributed by atoms with Crippen LogP contribution in [0.15, 0.2) is 40.6 Å². The predicted octanol–water partition coefficient (Wildman–Crippen LogP) is 4.91. The molecule has 4 nitrogen and oxygen atoms in total. The van der Waals surface area contributed by atoms with Gasteiger partial charge in [-0.2, -0.15) is 10.2 Å². The van der Waals surface area contributed by atoms with Crippen LogP contribution in [0, 0.1) is 0 Å². The van der Waals surface area contributed by atoms with Crippen LogP contribution in [-0.4, -0.2) is 5.11 Å². The molecule has 0 fully saturated rings. The first-order valence-corrected chi connectivity index (χ1v) is 6.80. The number of nitrogens with zero attached hydrogens (tertiary/aromatic N) is 2. The molecule has 2 N–H and O–H groups in total. The van der Waals surface area contributed by atoms with Crippen molar-refractivity contribution in [3.63, 3.8) is 0 Å². The summed E-state index contributed by atoms with van der Waals surface area (Å²) in [6.45, 7) is 1.06. The van der Waals surface area contributed by atoms with E-state index in [2.05, 4.69) is 15.5 Å². The van der Waals surface area contributed by atoms with Gasteiger partial charge in [-0.1, -0.05) is 29.3 Å². The molecule has 6 heteroatoms. The van der Waals surface area contributed by atoms with Gasteiger partial charge in [0.2, 0.25) is 0 Å². The third kappa shape index (κ3) is 2.57. The number of hydrogen-bond donors (Lipinski definition) is 2. The lowest BCUT2D eigenvalue weighted by Crippen LogP contribution is -2.00. The van der Waals surface area contributed by atoms with Gasteiger partial charge in [0.15, 0.2) is 0 Å². The number of azo groups is 1. The van der Waals surface area contributed by atoms with Crippen LogP contribution in [0.2, 0.25) is 10.0 Å². The van der Waals surface area contributed by atoms with Crippen LogP contribution in [0.3, 0.4) is 0 Å². The first-order valence-electron chi connectivity index (χ1n) is 6.04. The van der Waals surface area contributed by atoms with Crippen molar-refractivity contribution in [2.24, 2.45) is 10.2 Å². The minimum absolute atomic E-state index is 0.0458. The molecule has 0 saturated heterocycles. The molecular weight excluding hydrogens is 297 g/mol. The molecule has 1 aliphatic rings. The van der Waals surface area contributed by atoms with Gasteiger partial charge in [0.05, 0.1) is 17.3 Å². The van der Waals surface area contributed by atoms with Crippen LogP contribution in [-0.2, 0) is 13.1 Å². The molecule has 3 rings (SSSR count). The predicted molar refractivity (Wildman–Crippen MR) is 80.1 cm³/mol. The van der Waals surface area contributed by atoms with E-state index in [0.29, 0.717) is 23.7 Å². The summed E-state index contributed by atoms with van der Waals surface area (Å²) in [4.78, 5) is 0. The fourth-order valence-electron chi connectivity index (χ4n) is 2.04. The topological polar surface area (TPSA) is 57.0 Å². The molecular formula is C14H11Cl2N3O. The second-order valence-electron chi connectivity index (χ2n) is 4.49. The monoisotopic (exact) mass is 307 g/mol. The highest BCUT2D eigenvalue weighted by Gasteiger charge is 2.10. The van der Waals surface area contributed by atoms with Gasteiger partial charge in [-0.15, -0.1) is 0 Å². The quantitative estimate of drug-likeness (QED) is 0.846. The molecule has 2 aromatic rings. The van der Waals surface area contributed by atoms with Gasteiger partial charge >= 0.3 is 0 Å². The van der Waals surface area contributed by atoms with Crippen LogP contribution in [0.4, 0.5) is 11.4 Å². The molecule has 0 amide bonds. The number of fused-ring (bicyclic) bond motifs is 1. The van der Waals surface area contributed by atoms with Crippen molar-refractivity contribution in [2.45, 2.75) is 13.1 Å². The Morgan fingerprint density at radius 1 is 1.20 bits per heavy atom. The van der Waals surface area contributed by atoms with E-state index in [-0.39, 0.29) is 10.8 Å². The minimum atomic E-state index is 0.0458. The van der Waals surface area contributed by atoms with Gasteiger partial charge in [0.25, 0.3) is 0 Å². The molecule has 0 saturated carbocycles. The Kier molecular flexibility index (Phi) is 3.51. The highest BCUT2D eigenvalue weighted by atomic mass is 35.5. The van der Waals surface area contributed by atoms with E-state index < -0.39 is 0 Å². The molecule has 102 valence electrons. The van der Waals surface area contributed by atoms with Gasteiger partial charge in [-0.05, 0) is 24.3 Å². The number of phenolic OH excluding ortho intramolecular Hbond substituents is 1. The summed E-state index contributed by atoms with van der Waals surface area (Å²) in [5.41, 5.74) is 3.54. The van der Waals surface area contributed by atoms with E-state index in [1.54, 1.807) is 6.07 Å². The summed E-state index contributed by atoms with van der Waals surface area (Å²) in [6, 6.07) is 9.07. The molecule has 2 aromatic carbocycles. The number of phenols is 1. The standard InChI is InChI=1S/C14H11Cl2N3O/c15-10-3-9(14(20)12(16)4-10)6-17-11-2-1-8-7-18-19-13(8)5-11/h1-5,17,20H,6-7H2. The zero-order valence-electron chi connectivity index (χ0n) is 10.4. The van der Waals surface area contributed by atoms with Crippen LogP contribution < -0.4 is 5.32 Å². The van der Waals surface area contributed by atoms with Gasteiger partial charge in [0, 0.05) is 28.4 Å². The summed E-state index contributed by atoms with van der Waals surface area (Å²) in [6.07, 6.45) is 0. The van der Waals surface area contributed by atoms with E-state index in [1.165, 1.54) is 6.07 Å². The molecule has 0 bridgehead atoms. The van der Waals surface area contributed by atoms with Crippen LogP contribution in [0.25, 0.3) is 0 Å². The molecule has 0 atom stereocenters. The number of nitrogens with one attached hydrogen (secondary N) is 1. The van der Waals surface area contributed by atoms with Crippen LogP contribution in [0.5, 0.6) is 5.75 Å². The van der Waals surface area contributed by atoms with Gasteiger partial charge in [-0.3, -0.25) is 0 Å². The Balaban J connectivity index is 1.78. The molecule has 0 spiro atoms. The Morgan fingerprint density at radius 2 is 2.05 bits per heavy atom. The zero-order valence-corrected chi connectivity index (χ0v) is 11.9. The SMILES string of the molecule is Oc1c(Cl)cc(Cl)cc1CNc1ccc2c(c1)N=NC2. The van der Waals surface area contributed by atoms with Crippen molar-refractivity contribution in [2.75, 3.05) is 5.32 Å². The normalized spacial score (nSPS) is 12.5. The Bertz CT molecular complexity index is 701. The third-order valence-corrected chi connectivity index (χ3v) is 3.60. The minimum Gasteiger partial charge on any atom is -0.506 e. The maximum absolute atomic E-state index is 9.89. The average Bonchev–Trinajstić information content (AvgIpc) is 2.88. The fourth-order valence-corrected chi connectivity index (χ4v) is 2.58. The molecule has 0 aromatic heterocycles. The third-order valence-electron chi connectivity index (χ3n) is 3.09. The number of benzene rings is 2. The summed E-state index contributed by atoms with van der Waals surface area (Å²) in [7, 11) is 0. The first kappa shape index (κ1) is 13.2. The van der Waals surface area contributed by atoms with Crippen molar-refractivity contribution in [3.05, 3.63) is 51.5 Å². The van der Waals surface area contributed by atoms with Crippen LogP contribution >= 0.6 is 23.2 Å². The highest BCUT2D eigenvalue weighted by Crippen LogP contribution is 2.33. The lowest BCUT2D eigenvalue weighted by atomic mass is 10.1. The molecule has 1 aliphatic heterocycles. The van der Waals surface area contributed by atoms with E-state index in [1.807, 2.05) is 18.2 Å². The Hall–Kier alpha value is -1.78. The van der Waals surface area contributed by atoms with E-state index >= 15 is 0 Å². The van der Waals surface area contributed by atoms with E-state index in [9.17, 15) is 5.11 Å². The number of rotatable bonds is 3. The average molecular weight is 308 g/mol. The van der Waals surface area contributed by atoms with Crippen LogP contribution in [0.1, 0.15) is 11.1 Å².